The molecular formula is C14H19N3O2S. The van der Waals surface area contributed by atoms with Crippen LogP contribution < -0.4 is 5.32 Å². The van der Waals surface area contributed by atoms with Gasteiger partial charge in [0, 0.05) is 32.2 Å². The highest BCUT2D eigenvalue weighted by Gasteiger charge is 2.50. The topological polar surface area (TPSA) is 52.7 Å². The van der Waals surface area contributed by atoms with Crippen LogP contribution in [0.15, 0.2) is 17.5 Å². The molecule has 108 valence electrons. The maximum Gasteiger partial charge on any atom is 0.263 e. The number of rotatable bonds is 3. The molecule has 1 spiro atoms. The Morgan fingerprint density at radius 3 is 2.80 bits per heavy atom. The Bertz CT molecular complexity index is 516. The number of likely N-dealkylation sites (N-methyl/N-ethyl adjacent to an activating group) is 1. The highest BCUT2D eigenvalue weighted by atomic mass is 32.1. The van der Waals surface area contributed by atoms with E-state index in [1.54, 1.807) is 7.05 Å². The van der Waals surface area contributed by atoms with Gasteiger partial charge in [0.15, 0.2) is 0 Å². The average molecular weight is 293 g/mol. The minimum Gasteiger partial charge on any atom is -0.358 e. The summed E-state index contributed by atoms with van der Waals surface area (Å²) in [5, 5.41) is 4.60. The van der Waals surface area contributed by atoms with Crippen LogP contribution >= 0.6 is 11.3 Å². The Morgan fingerprint density at radius 1 is 1.40 bits per heavy atom. The summed E-state index contributed by atoms with van der Waals surface area (Å²) < 4.78 is 0. The molecule has 2 fully saturated rings. The van der Waals surface area contributed by atoms with Crippen LogP contribution in [0.1, 0.15) is 22.5 Å². The van der Waals surface area contributed by atoms with Crippen molar-refractivity contribution in [3.8, 4) is 0 Å². The van der Waals surface area contributed by atoms with E-state index in [0.29, 0.717) is 6.54 Å². The fourth-order valence-corrected chi connectivity index (χ4v) is 3.82. The molecule has 1 aromatic heterocycles. The lowest BCUT2D eigenvalue weighted by atomic mass is 9.83. The van der Waals surface area contributed by atoms with Crippen molar-refractivity contribution in [2.45, 2.75) is 18.4 Å². The van der Waals surface area contributed by atoms with Crippen LogP contribution in [0.25, 0.3) is 0 Å². The summed E-state index contributed by atoms with van der Waals surface area (Å²) in [7, 11) is 1.66. The summed E-state index contributed by atoms with van der Waals surface area (Å²) in [5.74, 6) is 0.177. The zero-order valence-corrected chi connectivity index (χ0v) is 12.4. The minimum absolute atomic E-state index is 0.0411. The Morgan fingerprint density at radius 2 is 2.20 bits per heavy atom. The summed E-state index contributed by atoms with van der Waals surface area (Å²) in [6.07, 6.45) is 2.05. The Labute approximate surface area is 122 Å². The third-order valence-corrected chi connectivity index (χ3v) is 5.34. The van der Waals surface area contributed by atoms with Crippen LogP contribution in [0.2, 0.25) is 0 Å². The Hall–Kier alpha value is -1.40. The predicted molar refractivity (Wildman–Crippen MR) is 77.8 cm³/mol. The summed E-state index contributed by atoms with van der Waals surface area (Å²) >= 11 is 1.49. The second-order valence-corrected chi connectivity index (χ2v) is 6.47. The van der Waals surface area contributed by atoms with E-state index < -0.39 is 0 Å². The second kappa shape index (κ2) is 5.18. The maximum absolute atomic E-state index is 12.4. The van der Waals surface area contributed by atoms with Crippen molar-refractivity contribution < 1.29 is 9.59 Å². The normalized spacial score (nSPS) is 25.8. The molecule has 5 nitrogen and oxygen atoms in total. The van der Waals surface area contributed by atoms with Crippen LogP contribution in [0.4, 0.5) is 0 Å². The second-order valence-electron chi connectivity index (χ2n) is 5.52. The molecule has 1 aromatic rings. The first kappa shape index (κ1) is 13.6. The number of hydrogen-bond donors (Lipinski definition) is 1. The molecule has 2 amide bonds. The maximum atomic E-state index is 12.4. The molecule has 0 bridgehead atoms. The van der Waals surface area contributed by atoms with Gasteiger partial charge >= 0.3 is 0 Å². The molecule has 1 atom stereocenters. The number of carbonyl (C=O) groups is 2. The zero-order valence-electron chi connectivity index (χ0n) is 11.6. The molecule has 6 heteroatoms. The zero-order chi connectivity index (χ0) is 14.2. The van der Waals surface area contributed by atoms with Crippen molar-refractivity contribution in [3.63, 3.8) is 0 Å². The van der Waals surface area contributed by atoms with Gasteiger partial charge in [-0.3, -0.25) is 14.5 Å². The first-order valence-corrected chi connectivity index (χ1v) is 7.81. The lowest BCUT2D eigenvalue weighted by Crippen LogP contribution is -2.63. The van der Waals surface area contributed by atoms with Gasteiger partial charge in [0.25, 0.3) is 5.91 Å². The van der Waals surface area contributed by atoms with E-state index in [1.807, 2.05) is 22.4 Å². The van der Waals surface area contributed by atoms with Crippen molar-refractivity contribution in [3.05, 3.63) is 22.4 Å². The van der Waals surface area contributed by atoms with Crippen molar-refractivity contribution in [1.82, 2.24) is 15.1 Å². The van der Waals surface area contributed by atoms with Crippen molar-refractivity contribution >= 4 is 23.2 Å². The van der Waals surface area contributed by atoms with E-state index in [2.05, 4.69) is 10.2 Å². The molecule has 2 aliphatic heterocycles. The molecule has 2 aliphatic rings. The van der Waals surface area contributed by atoms with Gasteiger partial charge in [-0.1, -0.05) is 6.07 Å². The first-order valence-electron chi connectivity index (χ1n) is 6.93. The third kappa shape index (κ3) is 2.23. The molecular weight excluding hydrogens is 274 g/mol. The number of amides is 2. The van der Waals surface area contributed by atoms with Crippen molar-refractivity contribution in [1.29, 1.82) is 0 Å². The Kier molecular flexibility index (Phi) is 3.52. The minimum atomic E-state index is 0.0411. The quantitative estimate of drug-likeness (QED) is 0.896. The molecule has 0 aromatic carbocycles. The van der Waals surface area contributed by atoms with E-state index in [9.17, 15) is 9.59 Å². The lowest BCUT2D eigenvalue weighted by Gasteiger charge is -2.50. The largest absolute Gasteiger partial charge is 0.358 e. The van der Waals surface area contributed by atoms with Gasteiger partial charge in [-0.25, -0.2) is 0 Å². The third-order valence-electron chi connectivity index (χ3n) is 4.48. The van der Waals surface area contributed by atoms with Crippen LogP contribution in [-0.2, 0) is 4.79 Å². The number of likely N-dealkylation sites (tertiary alicyclic amines) is 2. The Balaban J connectivity index is 1.64. The van der Waals surface area contributed by atoms with Crippen molar-refractivity contribution in [2.75, 3.05) is 33.2 Å². The summed E-state index contributed by atoms with van der Waals surface area (Å²) in [6.45, 7) is 2.94. The molecule has 20 heavy (non-hydrogen) atoms. The lowest BCUT2D eigenvalue weighted by molar-refractivity contribution is -0.126. The van der Waals surface area contributed by atoms with Gasteiger partial charge in [-0.05, 0) is 24.3 Å². The highest BCUT2D eigenvalue weighted by molar-refractivity contribution is 7.12. The van der Waals surface area contributed by atoms with Gasteiger partial charge in [-0.15, -0.1) is 11.3 Å². The number of thiophene rings is 1. The number of carbonyl (C=O) groups excluding carboxylic acids is 2. The van der Waals surface area contributed by atoms with E-state index in [1.165, 1.54) is 11.3 Å². The van der Waals surface area contributed by atoms with Gasteiger partial charge in [0.05, 0.1) is 11.4 Å². The van der Waals surface area contributed by atoms with Gasteiger partial charge in [0.2, 0.25) is 5.91 Å². The van der Waals surface area contributed by atoms with Crippen LogP contribution in [0.5, 0.6) is 0 Å². The van der Waals surface area contributed by atoms with E-state index in [0.717, 1.165) is 37.4 Å². The van der Waals surface area contributed by atoms with Gasteiger partial charge in [-0.2, -0.15) is 0 Å². The molecule has 0 aliphatic carbocycles. The summed E-state index contributed by atoms with van der Waals surface area (Å²) in [5.41, 5.74) is 0.0411. The van der Waals surface area contributed by atoms with Crippen LogP contribution in [0, 0.1) is 0 Å². The SMILES string of the molecule is CNC(=O)CN1CCC12CCN(C(=O)c1cccs1)C2. The number of nitrogens with one attached hydrogen (secondary N) is 1. The molecule has 0 radical (unpaired) electrons. The fourth-order valence-electron chi connectivity index (χ4n) is 3.13. The summed E-state index contributed by atoms with van der Waals surface area (Å²) in [4.78, 5) is 28.8. The molecule has 0 saturated carbocycles. The van der Waals surface area contributed by atoms with Crippen molar-refractivity contribution in [2.24, 2.45) is 0 Å². The smallest absolute Gasteiger partial charge is 0.263 e. The van der Waals surface area contributed by atoms with Gasteiger partial charge < -0.3 is 10.2 Å². The van der Waals surface area contributed by atoms with Gasteiger partial charge in [0.1, 0.15) is 0 Å². The molecule has 2 saturated heterocycles. The molecule has 1 N–H and O–H groups in total. The number of hydrogen-bond acceptors (Lipinski definition) is 4. The van der Waals surface area contributed by atoms with E-state index >= 15 is 0 Å². The first-order chi connectivity index (χ1) is 9.64. The molecule has 3 rings (SSSR count). The molecule has 3 heterocycles. The standard InChI is InChI=1S/C14H19N3O2S/c1-15-12(18)9-17-7-5-14(17)4-6-16(10-14)13(19)11-3-2-8-20-11/h2-3,8H,4-7,9-10H2,1H3,(H,15,18). The average Bonchev–Trinajstić information content (AvgIpc) is 3.12. The number of nitrogens with zero attached hydrogens (tertiary/aromatic N) is 2. The fraction of sp³-hybridized carbons (Fsp3) is 0.571. The summed E-state index contributed by atoms with van der Waals surface area (Å²) in [6, 6.07) is 3.78. The highest BCUT2D eigenvalue weighted by Crippen LogP contribution is 2.39. The van der Waals surface area contributed by atoms with Crippen LogP contribution in [-0.4, -0.2) is 60.4 Å². The van der Waals surface area contributed by atoms with Crippen LogP contribution in [0.3, 0.4) is 0 Å². The predicted octanol–water partition coefficient (Wildman–Crippen LogP) is 0.785. The van der Waals surface area contributed by atoms with E-state index in [4.69, 9.17) is 0 Å². The van der Waals surface area contributed by atoms with E-state index in [-0.39, 0.29) is 17.4 Å². The monoisotopic (exact) mass is 293 g/mol. The molecule has 1 unspecified atom stereocenters.